The molecule has 1 aromatic rings. The van der Waals surface area contributed by atoms with E-state index in [-0.39, 0.29) is 16.7 Å². The van der Waals surface area contributed by atoms with E-state index in [1.165, 1.54) is 16.4 Å². The summed E-state index contributed by atoms with van der Waals surface area (Å²) in [4.78, 5) is 11.4. The summed E-state index contributed by atoms with van der Waals surface area (Å²) in [5, 5.41) is 2.77. The molecule has 0 saturated carbocycles. The number of sulfonamides is 1. The zero-order chi connectivity index (χ0) is 17.9. The first-order valence-electron chi connectivity index (χ1n) is 8.31. The van der Waals surface area contributed by atoms with Gasteiger partial charge in [0, 0.05) is 25.7 Å². The van der Waals surface area contributed by atoms with E-state index in [1.807, 2.05) is 0 Å². The minimum absolute atomic E-state index is 0.202. The number of ether oxygens (including phenoxy) is 2. The first kappa shape index (κ1) is 17.8. The van der Waals surface area contributed by atoms with Gasteiger partial charge in [-0.1, -0.05) is 6.58 Å². The molecule has 0 aliphatic carbocycles. The standard InChI is InChI=1S/C17H22N2O5S/c1-2-17(20)18-12-13-5-7-19(8-6-13)25(21,22)14-3-4-15-16(11-14)24-10-9-23-15/h2-4,11,13H,1,5-10,12H2,(H,18,20). The molecular weight excluding hydrogens is 344 g/mol. The molecule has 2 heterocycles. The number of nitrogens with zero attached hydrogens (tertiary/aromatic N) is 1. The molecule has 1 N–H and O–H groups in total. The van der Waals surface area contributed by atoms with E-state index in [0.29, 0.717) is 57.2 Å². The number of rotatable bonds is 5. The molecule has 3 rings (SSSR count). The molecule has 2 aliphatic rings. The lowest BCUT2D eigenvalue weighted by Gasteiger charge is -2.31. The third-order valence-electron chi connectivity index (χ3n) is 4.48. The average Bonchev–Trinajstić information content (AvgIpc) is 2.66. The highest BCUT2D eigenvalue weighted by atomic mass is 32.2. The first-order chi connectivity index (χ1) is 12.0. The van der Waals surface area contributed by atoms with E-state index in [4.69, 9.17) is 9.47 Å². The summed E-state index contributed by atoms with van der Waals surface area (Å²) in [6.45, 7) is 5.71. The van der Waals surface area contributed by atoms with Gasteiger partial charge in [-0.2, -0.15) is 4.31 Å². The lowest BCUT2D eigenvalue weighted by atomic mass is 9.98. The van der Waals surface area contributed by atoms with Crippen molar-refractivity contribution in [3.05, 3.63) is 30.9 Å². The van der Waals surface area contributed by atoms with Crippen LogP contribution in [0.15, 0.2) is 35.7 Å². The first-order valence-corrected chi connectivity index (χ1v) is 9.75. The second-order valence-electron chi connectivity index (χ2n) is 6.10. The fourth-order valence-corrected chi connectivity index (χ4v) is 4.49. The van der Waals surface area contributed by atoms with Gasteiger partial charge in [-0.3, -0.25) is 4.79 Å². The van der Waals surface area contributed by atoms with Crippen LogP contribution in [0.2, 0.25) is 0 Å². The highest BCUT2D eigenvalue weighted by Crippen LogP contribution is 2.33. The Morgan fingerprint density at radius 2 is 1.92 bits per heavy atom. The third-order valence-corrected chi connectivity index (χ3v) is 6.37. The lowest BCUT2D eigenvalue weighted by molar-refractivity contribution is -0.116. The SMILES string of the molecule is C=CC(=O)NCC1CCN(S(=O)(=O)c2ccc3c(c2)OCCO3)CC1. The Balaban J connectivity index is 1.64. The molecule has 0 aromatic heterocycles. The smallest absolute Gasteiger partial charge is 0.243 e. The zero-order valence-electron chi connectivity index (χ0n) is 13.9. The summed E-state index contributed by atoms with van der Waals surface area (Å²) in [6.07, 6.45) is 2.66. The maximum absolute atomic E-state index is 12.8. The molecule has 0 radical (unpaired) electrons. The van der Waals surface area contributed by atoms with Crippen molar-refractivity contribution in [3.8, 4) is 11.5 Å². The molecule has 2 aliphatic heterocycles. The minimum atomic E-state index is -3.56. The Kier molecular flexibility index (Phi) is 5.29. The number of carbonyl (C=O) groups is 1. The third kappa shape index (κ3) is 3.96. The van der Waals surface area contributed by atoms with E-state index >= 15 is 0 Å². The van der Waals surface area contributed by atoms with Gasteiger partial charge in [0.2, 0.25) is 15.9 Å². The maximum Gasteiger partial charge on any atom is 0.243 e. The molecule has 1 saturated heterocycles. The number of benzene rings is 1. The van der Waals surface area contributed by atoms with Crippen LogP contribution < -0.4 is 14.8 Å². The van der Waals surface area contributed by atoms with Gasteiger partial charge in [0.05, 0.1) is 4.90 Å². The van der Waals surface area contributed by atoms with Crippen molar-refractivity contribution in [3.63, 3.8) is 0 Å². The van der Waals surface area contributed by atoms with Gasteiger partial charge in [-0.15, -0.1) is 0 Å². The fraction of sp³-hybridized carbons (Fsp3) is 0.471. The van der Waals surface area contributed by atoms with E-state index < -0.39 is 10.0 Å². The molecule has 1 fully saturated rings. The zero-order valence-corrected chi connectivity index (χ0v) is 14.8. The van der Waals surface area contributed by atoms with E-state index in [9.17, 15) is 13.2 Å². The second-order valence-corrected chi connectivity index (χ2v) is 8.04. The Morgan fingerprint density at radius 3 is 2.60 bits per heavy atom. The molecule has 136 valence electrons. The maximum atomic E-state index is 12.8. The van der Waals surface area contributed by atoms with Crippen LogP contribution in [0.3, 0.4) is 0 Å². The highest BCUT2D eigenvalue weighted by molar-refractivity contribution is 7.89. The number of amides is 1. The van der Waals surface area contributed by atoms with Crippen molar-refractivity contribution in [2.24, 2.45) is 5.92 Å². The summed E-state index contributed by atoms with van der Waals surface area (Å²) in [5.41, 5.74) is 0. The topological polar surface area (TPSA) is 84.9 Å². The Hall–Kier alpha value is -2.06. The van der Waals surface area contributed by atoms with Crippen LogP contribution in [0.1, 0.15) is 12.8 Å². The predicted molar refractivity (Wildman–Crippen MR) is 92.1 cm³/mol. The molecule has 0 spiro atoms. The number of carbonyl (C=O) groups excluding carboxylic acids is 1. The summed E-state index contributed by atoms with van der Waals surface area (Å²) in [7, 11) is -3.56. The Labute approximate surface area is 147 Å². The average molecular weight is 366 g/mol. The summed E-state index contributed by atoms with van der Waals surface area (Å²) >= 11 is 0. The Bertz CT molecular complexity index is 754. The molecule has 1 amide bonds. The van der Waals surface area contributed by atoms with Crippen LogP contribution in [0.25, 0.3) is 0 Å². The number of fused-ring (bicyclic) bond motifs is 1. The normalized spacial score (nSPS) is 18.6. The number of nitrogens with one attached hydrogen (secondary N) is 1. The largest absolute Gasteiger partial charge is 0.486 e. The van der Waals surface area contributed by atoms with Gasteiger partial charge in [0.25, 0.3) is 0 Å². The summed E-state index contributed by atoms with van der Waals surface area (Å²) in [6, 6.07) is 4.72. The molecular formula is C17H22N2O5S. The van der Waals surface area contributed by atoms with Crippen LogP contribution in [-0.4, -0.2) is 51.5 Å². The van der Waals surface area contributed by atoms with Crippen LogP contribution in [0, 0.1) is 5.92 Å². The van der Waals surface area contributed by atoms with Crippen LogP contribution in [0.5, 0.6) is 11.5 Å². The van der Waals surface area contributed by atoms with E-state index in [0.717, 1.165) is 0 Å². The molecule has 8 heteroatoms. The van der Waals surface area contributed by atoms with Crippen molar-refractivity contribution in [1.29, 1.82) is 0 Å². The number of hydrogen-bond acceptors (Lipinski definition) is 5. The van der Waals surface area contributed by atoms with Gasteiger partial charge in [-0.25, -0.2) is 8.42 Å². The number of hydrogen-bond donors (Lipinski definition) is 1. The highest BCUT2D eigenvalue weighted by Gasteiger charge is 2.30. The minimum Gasteiger partial charge on any atom is -0.486 e. The van der Waals surface area contributed by atoms with Crippen molar-refractivity contribution in [1.82, 2.24) is 9.62 Å². The van der Waals surface area contributed by atoms with Gasteiger partial charge >= 0.3 is 0 Å². The summed E-state index contributed by atoms with van der Waals surface area (Å²) < 4.78 is 38.1. The van der Waals surface area contributed by atoms with Crippen molar-refractivity contribution >= 4 is 15.9 Å². The molecule has 0 bridgehead atoms. The fourth-order valence-electron chi connectivity index (χ4n) is 3.00. The second kappa shape index (κ2) is 7.45. The van der Waals surface area contributed by atoms with Crippen LogP contribution >= 0.6 is 0 Å². The van der Waals surface area contributed by atoms with Crippen molar-refractivity contribution in [2.45, 2.75) is 17.7 Å². The summed E-state index contributed by atoms with van der Waals surface area (Å²) in [5.74, 6) is 1.11. The molecule has 7 nitrogen and oxygen atoms in total. The predicted octanol–water partition coefficient (Wildman–Crippen LogP) is 1.16. The van der Waals surface area contributed by atoms with Crippen LogP contribution in [-0.2, 0) is 14.8 Å². The van der Waals surface area contributed by atoms with E-state index in [2.05, 4.69) is 11.9 Å². The molecule has 0 unspecified atom stereocenters. The quantitative estimate of drug-likeness (QED) is 0.791. The molecule has 25 heavy (non-hydrogen) atoms. The number of piperidine rings is 1. The lowest BCUT2D eigenvalue weighted by Crippen LogP contribution is -2.41. The van der Waals surface area contributed by atoms with Gasteiger partial charge < -0.3 is 14.8 Å². The van der Waals surface area contributed by atoms with Gasteiger partial charge in [0.1, 0.15) is 13.2 Å². The molecule has 1 aromatic carbocycles. The van der Waals surface area contributed by atoms with Crippen molar-refractivity contribution in [2.75, 3.05) is 32.8 Å². The van der Waals surface area contributed by atoms with E-state index in [1.54, 1.807) is 12.1 Å². The van der Waals surface area contributed by atoms with Crippen molar-refractivity contribution < 1.29 is 22.7 Å². The monoisotopic (exact) mass is 366 g/mol. The van der Waals surface area contributed by atoms with Gasteiger partial charge in [-0.05, 0) is 37.0 Å². The van der Waals surface area contributed by atoms with Gasteiger partial charge in [0.15, 0.2) is 11.5 Å². The molecule has 0 atom stereocenters. The van der Waals surface area contributed by atoms with Crippen LogP contribution in [0.4, 0.5) is 0 Å². The Morgan fingerprint density at radius 1 is 1.24 bits per heavy atom.